The summed E-state index contributed by atoms with van der Waals surface area (Å²) >= 11 is 5.82. The quantitative estimate of drug-likeness (QED) is 0.727. The van der Waals surface area contributed by atoms with Gasteiger partial charge in [0.05, 0.1) is 0 Å². The summed E-state index contributed by atoms with van der Waals surface area (Å²) in [5, 5.41) is 2.84. The lowest BCUT2D eigenvalue weighted by molar-refractivity contribution is 0.956. The van der Waals surface area contributed by atoms with Crippen LogP contribution in [0.4, 0.5) is 0 Å². The lowest BCUT2D eigenvalue weighted by Gasteiger charge is -2.18. The molecule has 0 unspecified atom stereocenters. The van der Waals surface area contributed by atoms with Crippen LogP contribution in [0.3, 0.4) is 0 Å². The van der Waals surface area contributed by atoms with E-state index >= 15 is 0 Å². The van der Waals surface area contributed by atoms with Crippen LogP contribution in [0.25, 0.3) is 0 Å². The van der Waals surface area contributed by atoms with E-state index in [1.165, 1.54) is 16.6 Å². The number of hydrogen-bond acceptors (Lipinski definition) is 5. The molecular weight excluding hydrogens is 220 g/mol. The summed E-state index contributed by atoms with van der Waals surface area (Å²) in [5.41, 5.74) is 0. The molecule has 0 spiro atoms. The molecule has 0 atom stereocenters. The first-order valence-electron chi connectivity index (χ1n) is 4.04. The molecular formula is C8H10N2S3. The Morgan fingerprint density at radius 2 is 1.92 bits per heavy atom. The van der Waals surface area contributed by atoms with Crippen molar-refractivity contribution < 1.29 is 0 Å². The summed E-state index contributed by atoms with van der Waals surface area (Å²) in [6.45, 7) is 0. The smallest absolute Gasteiger partial charge is 0.187 e. The zero-order valence-corrected chi connectivity index (χ0v) is 9.50. The Morgan fingerprint density at radius 1 is 1.23 bits per heavy atom. The third-order valence-electron chi connectivity index (χ3n) is 1.59. The number of nitrogens with zero attached hydrogens (tertiary/aromatic N) is 2. The van der Waals surface area contributed by atoms with Crippen molar-refractivity contribution in [2.75, 3.05) is 16.6 Å². The third kappa shape index (κ3) is 3.07. The zero-order chi connectivity index (χ0) is 8.93. The molecule has 1 aromatic heterocycles. The molecule has 2 nitrogen and oxygen atoms in total. The van der Waals surface area contributed by atoms with Crippen LogP contribution in [0.15, 0.2) is 23.6 Å². The van der Waals surface area contributed by atoms with E-state index in [-0.39, 0.29) is 0 Å². The summed E-state index contributed by atoms with van der Waals surface area (Å²) in [4.78, 5) is 8.41. The number of aromatic nitrogens is 2. The van der Waals surface area contributed by atoms with Crippen LogP contribution < -0.4 is 0 Å². The minimum atomic E-state index is 0.686. The van der Waals surface area contributed by atoms with Gasteiger partial charge in [-0.1, -0.05) is 11.8 Å². The van der Waals surface area contributed by atoms with Crippen molar-refractivity contribution >= 4 is 35.3 Å². The fourth-order valence-corrected chi connectivity index (χ4v) is 4.84. The second-order valence-electron chi connectivity index (χ2n) is 2.63. The molecule has 0 aromatic carbocycles. The monoisotopic (exact) mass is 230 g/mol. The van der Waals surface area contributed by atoms with Gasteiger partial charge in [-0.2, -0.15) is 0 Å². The van der Waals surface area contributed by atoms with Gasteiger partial charge >= 0.3 is 0 Å². The fraction of sp³-hybridized carbons (Fsp3) is 0.500. The molecule has 0 radical (unpaired) electrons. The van der Waals surface area contributed by atoms with Crippen LogP contribution in [0.5, 0.6) is 0 Å². The molecule has 0 aliphatic carbocycles. The average molecular weight is 230 g/mol. The van der Waals surface area contributed by atoms with Crippen molar-refractivity contribution in [2.24, 2.45) is 0 Å². The van der Waals surface area contributed by atoms with Crippen LogP contribution in [-0.4, -0.2) is 31.8 Å². The number of rotatable bonds is 2. The first-order valence-corrected chi connectivity index (χ1v) is 7.23. The molecule has 1 aliphatic rings. The van der Waals surface area contributed by atoms with Gasteiger partial charge in [-0.25, -0.2) is 9.97 Å². The molecule has 0 bridgehead atoms. The molecule has 1 aliphatic heterocycles. The Kier molecular flexibility index (Phi) is 3.81. The maximum Gasteiger partial charge on any atom is 0.187 e. The summed E-state index contributed by atoms with van der Waals surface area (Å²) in [6.07, 6.45) is 3.61. The van der Waals surface area contributed by atoms with E-state index in [1.54, 1.807) is 24.2 Å². The van der Waals surface area contributed by atoms with E-state index in [0.29, 0.717) is 5.25 Å². The molecule has 2 rings (SSSR count). The molecule has 1 aromatic rings. The maximum atomic E-state index is 4.21. The van der Waals surface area contributed by atoms with Gasteiger partial charge < -0.3 is 0 Å². The highest BCUT2D eigenvalue weighted by Gasteiger charge is 2.16. The van der Waals surface area contributed by atoms with Crippen LogP contribution in [0, 0.1) is 0 Å². The molecule has 0 saturated carbocycles. The predicted molar refractivity (Wildman–Crippen MR) is 61.5 cm³/mol. The van der Waals surface area contributed by atoms with Gasteiger partial charge in [-0.15, -0.1) is 23.5 Å². The Hall–Kier alpha value is 0.130. The molecule has 13 heavy (non-hydrogen) atoms. The molecule has 0 amide bonds. The van der Waals surface area contributed by atoms with Gasteiger partial charge in [0.25, 0.3) is 0 Å². The van der Waals surface area contributed by atoms with Gasteiger partial charge in [-0.05, 0) is 6.07 Å². The molecule has 2 heterocycles. The number of thioether (sulfide) groups is 3. The number of hydrogen-bond donors (Lipinski definition) is 0. The lowest BCUT2D eigenvalue weighted by atomic mass is 10.5. The molecule has 0 N–H and O–H groups in total. The van der Waals surface area contributed by atoms with Crippen molar-refractivity contribution in [2.45, 2.75) is 10.4 Å². The van der Waals surface area contributed by atoms with Crippen LogP contribution in [0.1, 0.15) is 0 Å². The van der Waals surface area contributed by atoms with Crippen molar-refractivity contribution in [3.8, 4) is 0 Å². The fourth-order valence-electron chi connectivity index (χ4n) is 1.03. The Labute approximate surface area is 90.7 Å². The summed E-state index contributed by atoms with van der Waals surface area (Å²) < 4.78 is 0. The van der Waals surface area contributed by atoms with Gasteiger partial charge in [0.15, 0.2) is 5.16 Å². The normalized spacial score (nSPS) is 18.8. The highest BCUT2D eigenvalue weighted by atomic mass is 32.2. The second kappa shape index (κ2) is 5.12. The Bertz CT molecular complexity index is 249. The highest BCUT2D eigenvalue weighted by Crippen LogP contribution is 2.31. The second-order valence-corrected chi connectivity index (χ2v) is 6.32. The molecule has 5 heteroatoms. The summed E-state index contributed by atoms with van der Waals surface area (Å²) in [6, 6.07) is 1.86. The van der Waals surface area contributed by atoms with Gasteiger partial charge in [0.1, 0.15) is 0 Å². The largest absolute Gasteiger partial charge is 0.231 e. The van der Waals surface area contributed by atoms with E-state index in [2.05, 4.69) is 9.97 Å². The van der Waals surface area contributed by atoms with E-state index < -0.39 is 0 Å². The van der Waals surface area contributed by atoms with E-state index in [0.717, 1.165) is 5.16 Å². The van der Waals surface area contributed by atoms with Crippen LogP contribution in [0.2, 0.25) is 0 Å². The Balaban J connectivity index is 1.90. The van der Waals surface area contributed by atoms with Crippen molar-refractivity contribution in [1.29, 1.82) is 0 Å². The first-order chi connectivity index (χ1) is 6.45. The lowest BCUT2D eigenvalue weighted by Crippen LogP contribution is -2.14. The van der Waals surface area contributed by atoms with Crippen molar-refractivity contribution in [3.63, 3.8) is 0 Å². The van der Waals surface area contributed by atoms with Gasteiger partial charge in [-0.3, -0.25) is 0 Å². The minimum Gasteiger partial charge on any atom is -0.231 e. The minimum absolute atomic E-state index is 0.686. The SMILES string of the molecule is c1cnc(SC2CSCSC2)nc1. The molecule has 70 valence electrons. The predicted octanol–water partition coefficient (Wildman–Crippen LogP) is 2.37. The van der Waals surface area contributed by atoms with E-state index in [1.807, 2.05) is 29.6 Å². The maximum absolute atomic E-state index is 4.21. The van der Waals surface area contributed by atoms with E-state index in [9.17, 15) is 0 Å². The van der Waals surface area contributed by atoms with Gasteiger partial charge in [0, 0.05) is 34.2 Å². The average Bonchev–Trinajstić information content (AvgIpc) is 2.21. The standard InChI is InChI=1S/C8H10N2S3/c1-2-9-8(10-3-1)13-7-4-11-6-12-5-7/h1-3,7H,4-6H2. The first kappa shape index (κ1) is 9.68. The van der Waals surface area contributed by atoms with Gasteiger partial charge in [0.2, 0.25) is 0 Å². The van der Waals surface area contributed by atoms with E-state index in [4.69, 9.17) is 0 Å². The summed E-state index contributed by atoms with van der Waals surface area (Å²) in [7, 11) is 0. The van der Waals surface area contributed by atoms with Crippen LogP contribution >= 0.6 is 35.3 Å². The van der Waals surface area contributed by atoms with Crippen molar-refractivity contribution in [1.82, 2.24) is 9.97 Å². The van der Waals surface area contributed by atoms with Crippen LogP contribution in [-0.2, 0) is 0 Å². The third-order valence-corrected chi connectivity index (χ3v) is 5.71. The van der Waals surface area contributed by atoms with Crippen molar-refractivity contribution in [3.05, 3.63) is 18.5 Å². The molecule has 1 saturated heterocycles. The molecule has 1 fully saturated rings. The highest BCUT2D eigenvalue weighted by molar-refractivity contribution is 8.17. The summed E-state index contributed by atoms with van der Waals surface area (Å²) in [5.74, 6) is 2.46. The topological polar surface area (TPSA) is 25.8 Å². The Morgan fingerprint density at radius 3 is 2.62 bits per heavy atom. The zero-order valence-electron chi connectivity index (χ0n) is 7.05.